The van der Waals surface area contributed by atoms with Gasteiger partial charge in [-0.25, -0.2) is 4.98 Å². The van der Waals surface area contributed by atoms with Crippen LogP contribution in [0.4, 0.5) is 5.13 Å². The van der Waals surface area contributed by atoms with Gasteiger partial charge < -0.3 is 10.5 Å². The average Bonchev–Trinajstić information content (AvgIpc) is 3.12. The minimum atomic E-state index is 0.494. The van der Waals surface area contributed by atoms with Gasteiger partial charge in [0.05, 0.1) is 6.10 Å². The van der Waals surface area contributed by atoms with Crippen LogP contribution >= 0.6 is 11.3 Å². The Kier molecular flexibility index (Phi) is 3.82. The molecule has 100 valence electrons. The average molecular weight is 267 g/mol. The van der Waals surface area contributed by atoms with Crippen molar-refractivity contribution in [3.8, 4) is 0 Å². The topological polar surface area (TPSA) is 51.4 Å². The molecule has 1 aliphatic carbocycles. The molecule has 0 radical (unpaired) electrons. The van der Waals surface area contributed by atoms with Crippen molar-refractivity contribution >= 4 is 16.5 Å². The minimum absolute atomic E-state index is 0.494. The Morgan fingerprint density at radius 3 is 2.72 bits per heavy atom. The lowest BCUT2D eigenvalue weighted by Crippen LogP contribution is -2.36. The molecular formula is C13H21N3OS. The number of hydrogen-bond acceptors (Lipinski definition) is 5. The molecule has 0 atom stereocenters. The van der Waals surface area contributed by atoms with Crippen LogP contribution in [0.25, 0.3) is 0 Å². The molecule has 1 aromatic rings. The fourth-order valence-electron chi connectivity index (χ4n) is 2.41. The monoisotopic (exact) mass is 267 g/mol. The van der Waals surface area contributed by atoms with E-state index in [-0.39, 0.29) is 0 Å². The number of anilines is 1. The second-order valence-electron chi connectivity index (χ2n) is 5.42. The van der Waals surface area contributed by atoms with Gasteiger partial charge in [0.15, 0.2) is 5.13 Å². The number of piperidine rings is 1. The summed E-state index contributed by atoms with van der Waals surface area (Å²) < 4.78 is 5.95. The van der Waals surface area contributed by atoms with Gasteiger partial charge in [-0.3, -0.25) is 4.90 Å². The quantitative estimate of drug-likeness (QED) is 0.888. The second kappa shape index (κ2) is 5.55. The predicted molar refractivity (Wildman–Crippen MR) is 73.5 cm³/mol. The van der Waals surface area contributed by atoms with Crippen molar-refractivity contribution in [1.82, 2.24) is 9.88 Å². The summed E-state index contributed by atoms with van der Waals surface area (Å²) >= 11 is 1.60. The Hall–Kier alpha value is -0.650. The first kappa shape index (κ1) is 12.4. The van der Waals surface area contributed by atoms with Crippen molar-refractivity contribution in [2.45, 2.75) is 38.3 Å². The Balaban J connectivity index is 1.39. The number of hydrogen-bond donors (Lipinski definition) is 1. The molecule has 2 fully saturated rings. The first-order valence-electron chi connectivity index (χ1n) is 6.84. The van der Waals surface area contributed by atoms with Crippen LogP contribution in [0.3, 0.4) is 0 Å². The summed E-state index contributed by atoms with van der Waals surface area (Å²) in [6, 6.07) is 0. The molecule has 2 heterocycles. The Morgan fingerprint density at radius 1 is 1.33 bits per heavy atom. The van der Waals surface area contributed by atoms with E-state index in [1.165, 1.54) is 30.6 Å². The van der Waals surface area contributed by atoms with E-state index in [9.17, 15) is 0 Å². The van der Waals surface area contributed by atoms with Crippen LogP contribution in [0.5, 0.6) is 0 Å². The van der Waals surface area contributed by atoms with Gasteiger partial charge in [0, 0.05) is 37.3 Å². The van der Waals surface area contributed by atoms with Crippen molar-refractivity contribution in [1.29, 1.82) is 0 Å². The molecule has 0 aromatic carbocycles. The second-order valence-corrected chi connectivity index (χ2v) is 6.56. The molecule has 2 N–H and O–H groups in total. The number of nitrogens with zero attached hydrogens (tertiary/aromatic N) is 2. The van der Waals surface area contributed by atoms with Crippen LogP contribution in [0.15, 0.2) is 6.20 Å². The molecule has 5 heteroatoms. The maximum absolute atomic E-state index is 5.95. The van der Waals surface area contributed by atoms with Crippen LogP contribution in [0.1, 0.15) is 30.6 Å². The van der Waals surface area contributed by atoms with E-state index < -0.39 is 0 Å². The number of aromatic nitrogens is 1. The van der Waals surface area contributed by atoms with Crippen molar-refractivity contribution in [2.75, 3.05) is 25.4 Å². The highest BCUT2D eigenvalue weighted by molar-refractivity contribution is 7.15. The highest BCUT2D eigenvalue weighted by Crippen LogP contribution is 2.30. The normalized spacial score (nSPS) is 22.4. The fraction of sp³-hybridized carbons (Fsp3) is 0.769. The van der Waals surface area contributed by atoms with E-state index in [0.29, 0.717) is 11.2 Å². The summed E-state index contributed by atoms with van der Waals surface area (Å²) in [6.45, 7) is 4.25. The minimum Gasteiger partial charge on any atom is -0.378 e. The van der Waals surface area contributed by atoms with E-state index in [2.05, 4.69) is 9.88 Å². The number of thiazole rings is 1. The summed E-state index contributed by atoms with van der Waals surface area (Å²) in [5.74, 6) is 0.878. The van der Waals surface area contributed by atoms with E-state index in [4.69, 9.17) is 10.5 Å². The largest absolute Gasteiger partial charge is 0.378 e. The Labute approximate surface area is 112 Å². The molecule has 0 bridgehead atoms. The zero-order valence-electron chi connectivity index (χ0n) is 10.7. The summed E-state index contributed by atoms with van der Waals surface area (Å²) in [7, 11) is 0. The first-order valence-corrected chi connectivity index (χ1v) is 7.65. The molecule has 1 saturated carbocycles. The smallest absolute Gasteiger partial charge is 0.180 e. The van der Waals surface area contributed by atoms with Crippen LogP contribution in [0, 0.1) is 5.92 Å². The van der Waals surface area contributed by atoms with Crippen molar-refractivity contribution in [2.24, 2.45) is 5.92 Å². The summed E-state index contributed by atoms with van der Waals surface area (Å²) in [5, 5.41) is 0.674. The third-order valence-corrected chi connectivity index (χ3v) is 4.56. The highest BCUT2D eigenvalue weighted by atomic mass is 32.1. The summed E-state index contributed by atoms with van der Waals surface area (Å²) in [4.78, 5) is 7.84. The third-order valence-electron chi connectivity index (χ3n) is 3.75. The van der Waals surface area contributed by atoms with Gasteiger partial charge >= 0.3 is 0 Å². The molecule has 0 unspecified atom stereocenters. The molecule has 18 heavy (non-hydrogen) atoms. The molecule has 0 spiro atoms. The predicted octanol–water partition coefficient (Wildman–Crippen LogP) is 2.12. The lowest BCUT2D eigenvalue weighted by atomic mass is 10.1. The lowest BCUT2D eigenvalue weighted by molar-refractivity contribution is 0.00111. The van der Waals surface area contributed by atoms with Crippen molar-refractivity contribution in [3.63, 3.8) is 0 Å². The van der Waals surface area contributed by atoms with E-state index in [0.717, 1.165) is 32.2 Å². The van der Waals surface area contributed by atoms with E-state index in [1.807, 2.05) is 6.20 Å². The van der Waals surface area contributed by atoms with Gasteiger partial charge in [0.25, 0.3) is 0 Å². The number of nitrogens with two attached hydrogens (primary N) is 1. The lowest BCUT2D eigenvalue weighted by Gasteiger charge is -2.31. The number of likely N-dealkylation sites (tertiary alicyclic amines) is 1. The van der Waals surface area contributed by atoms with Gasteiger partial charge in [-0.1, -0.05) is 0 Å². The van der Waals surface area contributed by atoms with Gasteiger partial charge in [-0.15, -0.1) is 11.3 Å². The van der Waals surface area contributed by atoms with Gasteiger partial charge in [-0.2, -0.15) is 0 Å². The van der Waals surface area contributed by atoms with Crippen molar-refractivity contribution in [3.05, 3.63) is 11.1 Å². The standard InChI is InChI=1S/C13H21N3OS/c14-13-15-7-12(18-13)8-16-5-3-11(4-6-16)17-9-10-1-2-10/h7,10-11H,1-6,8-9H2,(H2,14,15). The zero-order valence-corrected chi connectivity index (χ0v) is 11.5. The number of ether oxygens (including phenoxy) is 1. The molecule has 4 nitrogen and oxygen atoms in total. The molecule has 1 saturated heterocycles. The Bertz CT molecular complexity index is 383. The van der Waals surface area contributed by atoms with Crippen LogP contribution in [0.2, 0.25) is 0 Å². The molecule has 1 aromatic heterocycles. The SMILES string of the molecule is Nc1ncc(CN2CCC(OCC3CC3)CC2)s1. The molecule has 2 aliphatic rings. The van der Waals surface area contributed by atoms with Crippen LogP contribution in [-0.4, -0.2) is 35.7 Å². The summed E-state index contributed by atoms with van der Waals surface area (Å²) in [5.41, 5.74) is 5.65. The van der Waals surface area contributed by atoms with Crippen LogP contribution < -0.4 is 5.73 Å². The maximum atomic E-state index is 5.95. The summed E-state index contributed by atoms with van der Waals surface area (Å²) in [6.07, 6.45) is 7.49. The van der Waals surface area contributed by atoms with Gasteiger partial charge in [-0.05, 0) is 31.6 Å². The zero-order chi connectivity index (χ0) is 12.4. The molecule has 1 aliphatic heterocycles. The Morgan fingerprint density at radius 2 is 2.11 bits per heavy atom. The highest BCUT2D eigenvalue weighted by Gasteiger charge is 2.25. The number of rotatable bonds is 5. The molecule has 3 rings (SSSR count). The third kappa shape index (κ3) is 3.43. The first-order chi connectivity index (χ1) is 8.79. The maximum Gasteiger partial charge on any atom is 0.180 e. The van der Waals surface area contributed by atoms with E-state index in [1.54, 1.807) is 11.3 Å². The van der Waals surface area contributed by atoms with Crippen LogP contribution in [-0.2, 0) is 11.3 Å². The van der Waals surface area contributed by atoms with Crippen molar-refractivity contribution < 1.29 is 4.74 Å². The fourth-order valence-corrected chi connectivity index (χ4v) is 3.13. The number of nitrogen functional groups attached to an aromatic ring is 1. The van der Waals surface area contributed by atoms with Gasteiger partial charge in [0.1, 0.15) is 0 Å². The molecular weight excluding hydrogens is 246 g/mol. The van der Waals surface area contributed by atoms with E-state index >= 15 is 0 Å². The van der Waals surface area contributed by atoms with Gasteiger partial charge in [0.2, 0.25) is 0 Å². The molecule has 0 amide bonds.